The monoisotopic (exact) mass is 267 g/mol. The van der Waals surface area contributed by atoms with Crippen molar-refractivity contribution < 1.29 is 8.81 Å². The van der Waals surface area contributed by atoms with E-state index >= 15 is 0 Å². The maximum atomic E-state index is 14.9. The summed E-state index contributed by atoms with van der Waals surface area (Å²) in [6.07, 6.45) is 2.50. The van der Waals surface area contributed by atoms with Gasteiger partial charge in [0.25, 0.3) is 0 Å². The Bertz CT molecular complexity index is 582. The molecule has 2 aromatic rings. The average molecular weight is 268 g/mol. The Morgan fingerprint density at radius 3 is 3.00 bits per heavy atom. The molecule has 1 aromatic heterocycles. The van der Waals surface area contributed by atoms with Crippen molar-refractivity contribution in [1.29, 1.82) is 0 Å². The summed E-state index contributed by atoms with van der Waals surface area (Å²) in [7, 11) is 0. The van der Waals surface area contributed by atoms with Gasteiger partial charge in [0.1, 0.15) is 11.3 Å². The molecule has 2 unspecified atom stereocenters. The van der Waals surface area contributed by atoms with E-state index in [-0.39, 0.29) is 6.04 Å². The first kappa shape index (κ1) is 12.0. The minimum atomic E-state index is -1.43. The molecular weight excluding hydrogens is 253 g/mol. The summed E-state index contributed by atoms with van der Waals surface area (Å²) in [6, 6.07) is 6.97. The van der Waals surface area contributed by atoms with Crippen LogP contribution in [0, 0.1) is 0 Å². The lowest BCUT2D eigenvalue weighted by Crippen LogP contribution is -2.35. The van der Waals surface area contributed by atoms with Crippen LogP contribution in [-0.2, 0) is 5.67 Å². The Morgan fingerprint density at radius 1 is 1.39 bits per heavy atom. The number of hydrogen-bond donors (Lipinski definition) is 1. The second-order valence-corrected chi connectivity index (χ2v) is 5.55. The highest BCUT2D eigenvalue weighted by Gasteiger charge is 2.39. The van der Waals surface area contributed by atoms with Crippen LogP contribution in [0.2, 0.25) is 5.02 Å². The lowest BCUT2D eigenvalue weighted by molar-refractivity contribution is 0.0709. The van der Waals surface area contributed by atoms with Gasteiger partial charge in [0, 0.05) is 22.9 Å². The van der Waals surface area contributed by atoms with Gasteiger partial charge in [0.2, 0.25) is 0 Å². The zero-order valence-corrected chi connectivity index (χ0v) is 10.7. The summed E-state index contributed by atoms with van der Waals surface area (Å²) in [4.78, 5) is 0. The van der Waals surface area contributed by atoms with Gasteiger partial charge in [-0.15, -0.1) is 0 Å². The zero-order chi connectivity index (χ0) is 12.8. The van der Waals surface area contributed by atoms with E-state index in [4.69, 9.17) is 21.8 Å². The highest BCUT2D eigenvalue weighted by molar-refractivity contribution is 6.31. The molecule has 2 N–H and O–H groups in total. The van der Waals surface area contributed by atoms with Crippen molar-refractivity contribution >= 4 is 22.6 Å². The Labute approximate surface area is 110 Å². The maximum absolute atomic E-state index is 14.9. The van der Waals surface area contributed by atoms with E-state index in [1.165, 1.54) is 0 Å². The van der Waals surface area contributed by atoms with Crippen LogP contribution < -0.4 is 5.73 Å². The van der Waals surface area contributed by atoms with E-state index in [1.54, 1.807) is 24.3 Å². The first-order chi connectivity index (χ1) is 8.57. The Kier molecular flexibility index (Phi) is 2.83. The lowest BCUT2D eigenvalue weighted by Gasteiger charge is -2.31. The largest absolute Gasteiger partial charge is 0.458 e. The van der Waals surface area contributed by atoms with Crippen molar-refractivity contribution in [2.45, 2.75) is 37.4 Å². The van der Waals surface area contributed by atoms with Gasteiger partial charge in [0.05, 0.1) is 0 Å². The van der Waals surface area contributed by atoms with Crippen LogP contribution in [0.3, 0.4) is 0 Å². The molecule has 1 aliphatic carbocycles. The highest BCUT2D eigenvalue weighted by atomic mass is 35.5. The fourth-order valence-electron chi connectivity index (χ4n) is 2.72. The molecule has 18 heavy (non-hydrogen) atoms. The number of benzene rings is 1. The van der Waals surface area contributed by atoms with Crippen molar-refractivity contribution in [3.8, 4) is 0 Å². The van der Waals surface area contributed by atoms with Crippen LogP contribution >= 0.6 is 11.6 Å². The topological polar surface area (TPSA) is 39.2 Å². The number of hydrogen-bond acceptors (Lipinski definition) is 2. The fraction of sp³-hybridized carbons (Fsp3) is 0.429. The second kappa shape index (κ2) is 4.25. The minimum absolute atomic E-state index is 0.0828. The van der Waals surface area contributed by atoms with Crippen LogP contribution in [0.15, 0.2) is 28.7 Å². The number of alkyl halides is 1. The summed E-state index contributed by atoms with van der Waals surface area (Å²) < 4.78 is 20.5. The van der Waals surface area contributed by atoms with Gasteiger partial charge in [0.15, 0.2) is 5.67 Å². The van der Waals surface area contributed by atoms with Crippen molar-refractivity contribution in [3.05, 3.63) is 35.0 Å². The molecule has 0 saturated heterocycles. The normalized spacial score (nSPS) is 28.7. The first-order valence-electron chi connectivity index (χ1n) is 6.21. The maximum Gasteiger partial charge on any atom is 0.169 e. The third-order valence-electron chi connectivity index (χ3n) is 3.65. The first-order valence-corrected chi connectivity index (χ1v) is 6.59. The van der Waals surface area contributed by atoms with Gasteiger partial charge in [-0.3, -0.25) is 0 Å². The second-order valence-electron chi connectivity index (χ2n) is 5.11. The van der Waals surface area contributed by atoms with E-state index in [2.05, 4.69) is 0 Å². The third kappa shape index (κ3) is 2.02. The molecule has 1 heterocycles. The molecule has 1 aliphatic rings. The van der Waals surface area contributed by atoms with Gasteiger partial charge in [-0.1, -0.05) is 11.6 Å². The van der Waals surface area contributed by atoms with E-state index in [1.807, 2.05) is 0 Å². The smallest absolute Gasteiger partial charge is 0.169 e. The van der Waals surface area contributed by atoms with E-state index < -0.39 is 5.67 Å². The molecule has 0 aliphatic heterocycles. The predicted octanol–water partition coefficient (Wildman–Crippen LogP) is 4.15. The number of furan rings is 1. The van der Waals surface area contributed by atoms with Crippen LogP contribution in [-0.4, -0.2) is 6.04 Å². The van der Waals surface area contributed by atoms with E-state index in [9.17, 15) is 4.39 Å². The molecule has 3 rings (SSSR count). The zero-order valence-electron chi connectivity index (χ0n) is 9.96. The van der Waals surface area contributed by atoms with Gasteiger partial charge >= 0.3 is 0 Å². The summed E-state index contributed by atoms with van der Waals surface area (Å²) in [5, 5.41) is 1.47. The summed E-state index contributed by atoms with van der Waals surface area (Å²) in [5.74, 6) is 0.384. The summed E-state index contributed by atoms with van der Waals surface area (Å²) in [5.41, 5.74) is 5.11. The molecule has 0 spiro atoms. The molecule has 4 heteroatoms. The van der Waals surface area contributed by atoms with Gasteiger partial charge in [-0.25, -0.2) is 4.39 Å². The molecule has 0 bridgehead atoms. The predicted molar refractivity (Wildman–Crippen MR) is 70.5 cm³/mol. The van der Waals surface area contributed by atoms with Crippen LogP contribution in [0.4, 0.5) is 4.39 Å². The third-order valence-corrected chi connectivity index (χ3v) is 3.89. The van der Waals surface area contributed by atoms with Gasteiger partial charge in [-0.05, 0) is 43.5 Å². The minimum Gasteiger partial charge on any atom is -0.458 e. The summed E-state index contributed by atoms with van der Waals surface area (Å²) >= 11 is 5.92. The molecule has 0 amide bonds. The van der Waals surface area contributed by atoms with Crippen molar-refractivity contribution in [1.82, 2.24) is 0 Å². The summed E-state index contributed by atoms with van der Waals surface area (Å²) in [6.45, 7) is 0. The van der Waals surface area contributed by atoms with Crippen LogP contribution in [0.25, 0.3) is 11.0 Å². The van der Waals surface area contributed by atoms with Gasteiger partial charge in [-0.2, -0.15) is 0 Å². The van der Waals surface area contributed by atoms with Crippen LogP contribution in [0.1, 0.15) is 31.4 Å². The molecule has 2 nitrogen and oxygen atoms in total. The average Bonchev–Trinajstić information content (AvgIpc) is 2.72. The van der Waals surface area contributed by atoms with E-state index in [0.717, 1.165) is 18.2 Å². The SMILES string of the molecule is NC1CCCC(F)(c2cc3cc(Cl)ccc3o2)C1. The quantitative estimate of drug-likeness (QED) is 0.843. The molecule has 96 valence electrons. The molecular formula is C14H15ClFNO. The fourth-order valence-corrected chi connectivity index (χ4v) is 2.90. The number of fused-ring (bicyclic) bond motifs is 1. The molecule has 1 fully saturated rings. The molecule has 2 atom stereocenters. The van der Waals surface area contributed by atoms with Crippen molar-refractivity contribution in [3.63, 3.8) is 0 Å². The van der Waals surface area contributed by atoms with Crippen LogP contribution in [0.5, 0.6) is 0 Å². The van der Waals surface area contributed by atoms with Crippen molar-refractivity contribution in [2.24, 2.45) is 5.73 Å². The lowest BCUT2D eigenvalue weighted by atomic mass is 9.82. The Morgan fingerprint density at radius 2 is 2.22 bits per heavy atom. The van der Waals surface area contributed by atoms with Crippen molar-refractivity contribution in [2.75, 3.05) is 0 Å². The Hall–Kier alpha value is -1.06. The molecule has 1 aromatic carbocycles. The highest BCUT2D eigenvalue weighted by Crippen LogP contribution is 2.42. The number of rotatable bonds is 1. The Balaban J connectivity index is 2.03. The number of halogens is 2. The standard InChI is InChI=1S/C14H15ClFNO/c15-10-3-4-12-9(6-10)7-13(18-12)14(16)5-1-2-11(17)8-14/h3-4,6-7,11H,1-2,5,8,17H2. The molecule has 1 saturated carbocycles. The van der Waals surface area contributed by atoms with Gasteiger partial charge < -0.3 is 10.2 Å². The van der Waals surface area contributed by atoms with E-state index in [0.29, 0.717) is 29.2 Å². The number of nitrogens with two attached hydrogens (primary N) is 1. The molecule has 0 radical (unpaired) electrons.